The number of nitrogens with two attached hydrogens (primary N) is 1. The number of benzene rings is 1. The molecule has 0 aromatic heterocycles. The number of hydrogen-bond acceptors (Lipinski definition) is 4. The van der Waals surface area contributed by atoms with Crippen LogP contribution in [0.5, 0.6) is 5.75 Å². The lowest BCUT2D eigenvalue weighted by Gasteiger charge is -2.30. The predicted octanol–water partition coefficient (Wildman–Crippen LogP) is 2.05. The van der Waals surface area contributed by atoms with Crippen molar-refractivity contribution in [3.8, 4) is 5.75 Å². The standard InChI is InChI=1S/C15H23BrN2O2/c1-11(17)8-12-4-3-5-14(16)15(12)20-10-13-9-18(2)6-7-19-13/h3-5,11,13H,6-10,17H2,1-2H3. The van der Waals surface area contributed by atoms with E-state index in [1.807, 2.05) is 19.1 Å². The molecule has 2 rings (SSSR count). The van der Waals surface area contributed by atoms with Gasteiger partial charge in [-0.25, -0.2) is 0 Å². The summed E-state index contributed by atoms with van der Waals surface area (Å²) >= 11 is 3.56. The van der Waals surface area contributed by atoms with Crippen molar-refractivity contribution in [1.29, 1.82) is 0 Å². The highest BCUT2D eigenvalue weighted by Gasteiger charge is 2.19. The van der Waals surface area contributed by atoms with Crippen LogP contribution in [0.4, 0.5) is 0 Å². The average Bonchev–Trinajstić information content (AvgIpc) is 2.37. The van der Waals surface area contributed by atoms with E-state index in [9.17, 15) is 0 Å². The van der Waals surface area contributed by atoms with Crippen LogP contribution in [0.3, 0.4) is 0 Å². The minimum Gasteiger partial charge on any atom is -0.489 e. The van der Waals surface area contributed by atoms with Crippen molar-refractivity contribution in [3.63, 3.8) is 0 Å². The van der Waals surface area contributed by atoms with E-state index in [2.05, 4.69) is 33.9 Å². The monoisotopic (exact) mass is 342 g/mol. The lowest BCUT2D eigenvalue weighted by molar-refractivity contribution is -0.0405. The van der Waals surface area contributed by atoms with Crippen LogP contribution >= 0.6 is 15.9 Å². The molecule has 1 aliphatic heterocycles. The Hall–Kier alpha value is -0.620. The third kappa shape index (κ3) is 4.45. The molecule has 0 aliphatic carbocycles. The van der Waals surface area contributed by atoms with Crippen LogP contribution < -0.4 is 10.5 Å². The topological polar surface area (TPSA) is 47.7 Å². The molecule has 0 radical (unpaired) electrons. The third-order valence-electron chi connectivity index (χ3n) is 3.35. The number of likely N-dealkylation sites (N-methyl/N-ethyl adjacent to an activating group) is 1. The Balaban J connectivity index is 2.00. The molecule has 0 amide bonds. The molecule has 1 aromatic carbocycles. The van der Waals surface area contributed by atoms with E-state index in [1.54, 1.807) is 0 Å². The summed E-state index contributed by atoms with van der Waals surface area (Å²) in [5.74, 6) is 0.890. The van der Waals surface area contributed by atoms with Crippen molar-refractivity contribution in [3.05, 3.63) is 28.2 Å². The molecule has 0 saturated carbocycles. The Labute approximate surface area is 129 Å². The first-order valence-electron chi connectivity index (χ1n) is 7.02. The maximum Gasteiger partial charge on any atom is 0.136 e. The fourth-order valence-electron chi connectivity index (χ4n) is 2.37. The second kappa shape index (κ2) is 7.41. The van der Waals surface area contributed by atoms with Gasteiger partial charge in [0.25, 0.3) is 0 Å². The van der Waals surface area contributed by atoms with Gasteiger partial charge in [-0.15, -0.1) is 0 Å². The molecule has 2 atom stereocenters. The molecule has 1 saturated heterocycles. The first-order valence-corrected chi connectivity index (χ1v) is 7.81. The first-order chi connectivity index (χ1) is 9.56. The van der Waals surface area contributed by atoms with Crippen LogP contribution in [-0.4, -0.2) is 50.4 Å². The summed E-state index contributed by atoms with van der Waals surface area (Å²) in [4.78, 5) is 2.26. The van der Waals surface area contributed by atoms with Gasteiger partial charge in [-0.05, 0) is 48.0 Å². The maximum atomic E-state index is 6.00. The number of rotatable bonds is 5. The Morgan fingerprint density at radius 2 is 2.35 bits per heavy atom. The zero-order chi connectivity index (χ0) is 14.5. The summed E-state index contributed by atoms with van der Waals surface area (Å²) in [5.41, 5.74) is 7.04. The largest absolute Gasteiger partial charge is 0.489 e. The number of para-hydroxylation sites is 1. The lowest BCUT2D eigenvalue weighted by Crippen LogP contribution is -2.42. The van der Waals surface area contributed by atoms with Crippen LogP contribution in [0.25, 0.3) is 0 Å². The Kier molecular flexibility index (Phi) is 5.84. The highest BCUT2D eigenvalue weighted by atomic mass is 79.9. The van der Waals surface area contributed by atoms with Crippen molar-refractivity contribution in [2.24, 2.45) is 5.73 Å². The minimum atomic E-state index is 0.115. The highest BCUT2D eigenvalue weighted by Crippen LogP contribution is 2.30. The first kappa shape index (κ1) is 15.8. The molecule has 1 heterocycles. The SMILES string of the molecule is CC(N)Cc1cccc(Br)c1OCC1CN(C)CCO1. The van der Waals surface area contributed by atoms with Crippen LogP contribution in [0.1, 0.15) is 12.5 Å². The van der Waals surface area contributed by atoms with E-state index in [1.165, 1.54) is 0 Å². The van der Waals surface area contributed by atoms with Crippen molar-refractivity contribution < 1.29 is 9.47 Å². The lowest BCUT2D eigenvalue weighted by atomic mass is 10.1. The quantitative estimate of drug-likeness (QED) is 0.889. The fraction of sp³-hybridized carbons (Fsp3) is 0.600. The van der Waals surface area contributed by atoms with Crippen LogP contribution in [0, 0.1) is 0 Å². The molecule has 2 unspecified atom stereocenters. The van der Waals surface area contributed by atoms with Gasteiger partial charge in [-0.1, -0.05) is 12.1 Å². The molecule has 0 spiro atoms. The Morgan fingerprint density at radius 1 is 1.55 bits per heavy atom. The molecule has 20 heavy (non-hydrogen) atoms. The molecule has 1 fully saturated rings. The maximum absolute atomic E-state index is 6.00. The summed E-state index contributed by atoms with van der Waals surface area (Å²) < 4.78 is 12.7. The van der Waals surface area contributed by atoms with E-state index in [4.69, 9.17) is 15.2 Å². The summed E-state index contributed by atoms with van der Waals surface area (Å²) in [6.07, 6.45) is 0.934. The molecule has 4 nitrogen and oxygen atoms in total. The van der Waals surface area contributed by atoms with Gasteiger partial charge in [0.2, 0.25) is 0 Å². The second-order valence-corrected chi connectivity index (χ2v) is 6.33. The molecule has 2 N–H and O–H groups in total. The predicted molar refractivity (Wildman–Crippen MR) is 84.2 cm³/mol. The van der Waals surface area contributed by atoms with Gasteiger partial charge in [0, 0.05) is 19.1 Å². The number of halogens is 1. The molecule has 1 aromatic rings. The van der Waals surface area contributed by atoms with Gasteiger partial charge in [0.1, 0.15) is 18.5 Å². The molecule has 1 aliphatic rings. The van der Waals surface area contributed by atoms with Crippen molar-refractivity contribution >= 4 is 15.9 Å². The third-order valence-corrected chi connectivity index (χ3v) is 3.97. The van der Waals surface area contributed by atoms with Crippen molar-refractivity contribution in [1.82, 2.24) is 4.90 Å². The van der Waals surface area contributed by atoms with Crippen LogP contribution in [0.15, 0.2) is 22.7 Å². The zero-order valence-corrected chi connectivity index (χ0v) is 13.7. The van der Waals surface area contributed by atoms with Gasteiger partial charge in [0.15, 0.2) is 0 Å². The fourth-order valence-corrected chi connectivity index (χ4v) is 2.89. The second-order valence-electron chi connectivity index (χ2n) is 5.48. The van der Waals surface area contributed by atoms with Gasteiger partial charge in [-0.3, -0.25) is 0 Å². The molecule has 0 bridgehead atoms. The van der Waals surface area contributed by atoms with Crippen LogP contribution in [0.2, 0.25) is 0 Å². The van der Waals surface area contributed by atoms with Gasteiger partial charge < -0.3 is 20.1 Å². The van der Waals surface area contributed by atoms with Crippen molar-refractivity contribution in [2.75, 3.05) is 33.4 Å². The Bertz CT molecular complexity index is 440. The number of nitrogens with zero attached hydrogens (tertiary/aromatic N) is 1. The Morgan fingerprint density at radius 3 is 3.05 bits per heavy atom. The highest BCUT2D eigenvalue weighted by molar-refractivity contribution is 9.10. The summed E-state index contributed by atoms with van der Waals surface area (Å²) in [6, 6.07) is 6.19. The number of ether oxygens (including phenoxy) is 2. The molecule has 5 heteroatoms. The molecular formula is C15H23BrN2O2. The summed E-state index contributed by atoms with van der Waals surface area (Å²) in [7, 11) is 2.11. The summed E-state index contributed by atoms with van der Waals surface area (Å²) in [6.45, 7) is 5.24. The van der Waals surface area contributed by atoms with Crippen LogP contribution in [-0.2, 0) is 11.2 Å². The van der Waals surface area contributed by atoms with E-state index < -0.39 is 0 Å². The minimum absolute atomic E-state index is 0.115. The molecular weight excluding hydrogens is 320 g/mol. The van der Waals surface area contributed by atoms with E-state index in [0.717, 1.165) is 41.9 Å². The number of morpholine rings is 1. The summed E-state index contributed by atoms with van der Waals surface area (Å²) in [5, 5.41) is 0. The van der Waals surface area contributed by atoms with E-state index in [-0.39, 0.29) is 12.1 Å². The van der Waals surface area contributed by atoms with Crippen molar-refractivity contribution in [2.45, 2.75) is 25.5 Å². The van der Waals surface area contributed by atoms with Gasteiger partial charge >= 0.3 is 0 Å². The molecule has 112 valence electrons. The average molecular weight is 343 g/mol. The number of hydrogen-bond donors (Lipinski definition) is 1. The normalized spacial score (nSPS) is 21.7. The van der Waals surface area contributed by atoms with Gasteiger partial charge in [0.05, 0.1) is 11.1 Å². The smallest absolute Gasteiger partial charge is 0.136 e. The zero-order valence-electron chi connectivity index (χ0n) is 12.1. The van der Waals surface area contributed by atoms with Gasteiger partial charge in [-0.2, -0.15) is 0 Å². The van der Waals surface area contributed by atoms with E-state index >= 15 is 0 Å². The van der Waals surface area contributed by atoms with E-state index in [0.29, 0.717) is 6.61 Å².